The topological polar surface area (TPSA) is 0 Å². The molecule has 0 saturated heterocycles. The minimum Gasteiger partial charge on any atom is -0.127 e. The van der Waals surface area contributed by atoms with Crippen molar-refractivity contribution in [2.75, 3.05) is 0 Å². The molecular formula is C18H29P. The Bertz CT molecular complexity index is 418. The molecule has 0 aromatic heterocycles. The van der Waals surface area contributed by atoms with Gasteiger partial charge in [-0.1, -0.05) is 58.4 Å². The van der Waals surface area contributed by atoms with E-state index >= 15 is 0 Å². The van der Waals surface area contributed by atoms with Gasteiger partial charge in [0.15, 0.2) is 0 Å². The largest absolute Gasteiger partial charge is 0.127 e. The van der Waals surface area contributed by atoms with Crippen molar-refractivity contribution in [3.63, 3.8) is 0 Å². The van der Waals surface area contributed by atoms with Gasteiger partial charge in [-0.3, -0.25) is 0 Å². The molecule has 0 radical (unpaired) electrons. The number of rotatable bonds is 7. The third-order valence-corrected chi connectivity index (χ3v) is 4.66. The van der Waals surface area contributed by atoms with Gasteiger partial charge in [0.05, 0.1) is 0 Å². The summed E-state index contributed by atoms with van der Waals surface area (Å²) in [6.45, 7) is 13.0. The van der Waals surface area contributed by atoms with E-state index in [4.69, 9.17) is 0 Å². The number of benzene rings is 1. The smallest absolute Gasteiger partial charge is 0.00721 e. The second kappa shape index (κ2) is 7.25. The second-order valence-corrected chi connectivity index (χ2v) is 7.16. The van der Waals surface area contributed by atoms with Crippen molar-refractivity contribution in [3.05, 3.63) is 47.5 Å². The van der Waals surface area contributed by atoms with Gasteiger partial charge in [-0.15, -0.1) is 15.8 Å². The monoisotopic (exact) mass is 276 g/mol. The maximum Gasteiger partial charge on any atom is 0.00721 e. The van der Waals surface area contributed by atoms with Crippen LogP contribution in [0.25, 0.3) is 0 Å². The van der Waals surface area contributed by atoms with E-state index in [0.29, 0.717) is 5.92 Å². The van der Waals surface area contributed by atoms with Gasteiger partial charge >= 0.3 is 0 Å². The van der Waals surface area contributed by atoms with Crippen molar-refractivity contribution in [2.24, 2.45) is 0 Å². The quantitative estimate of drug-likeness (QED) is 0.435. The van der Waals surface area contributed by atoms with E-state index < -0.39 is 0 Å². The van der Waals surface area contributed by atoms with Gasteiger partial charge in [0.1, 0.15) is 0 Å². The van der Waals surface area contributed by atoms with Crippen molar-refractivity contribution < 1.29 is 0 Å². The lowest BCUT2D eigenvalue weighted by molar-refractivity contribution is 0.603. The molecule has 3 atom stereocenters. The van der Waals surface area contributed by atoms with Crippen LogP contribution in [0.15, 0.2) is 30.9 Å². The van der Waals surface area contributed by atoms with Crippen LogP contribution in [-0.2, 0) is 11.6 Å². The summed E-state index contributed by atoms with van der Waals surface area (Å²) in [4.78, 5) is 0. The Kier molecular flexibility index (Phi) is 6.27. The summed E-state index contributed by atoms with van der Waals surface area (Å²) in [6, 6.07) is 7.04. The van der Waals surface area contributed by atoms with Gasteiger partial charge < -0.3 is 0 Å². The number of hydrogen-bond acceptors (Lipinski definition) is 0. The molecule has 0 nitrogen and oxygen atoms in total. The number of hydrogen-bond donors (Lipinski definition) is 0. The Morgan fingerprint density at radius 3 is 2.58 bits per heavy atom. The first-order valence-corrected chi connectivity index (χ1v) is 8.07. The highest BCUT2D eigenvalue weighted by atomic mass is 31.0. The predicted molar refractivity (Wildman–Crippen MR) is 91.0 cm³/mol. The number of allylic oxidation sites excluding steroid dienone is 1. The fraction of sp³-hybridized carbons (Fsp3) is 0.556. The molecular weight excluding hydrogens is 247 g/mol. The van der Waals surface area contributed by atoms with Crippen molar-refractivity contribution in [1.29, 1.82) is 0 Å². The Hall–Kier alpha value is -0.610. The molecule has 0 heterocycles. The van der Waals surface area contributed by atoms with Crippen LogP contribution in [0, 0.1) is 0 Å². The van der Waals surface area contributed by atoms with Gasteiger partial charge in [0, 0.05) is 5.16 Å². The summed E-state index contributed by atoms with van der Waals surface area (Å²) < 4.78 is 0. The summed E-state index contributed by atoms with van der Waals surface area (Å²) in [6.07, 6.45) is 6.59. The fourth-order valence-corrected chi connectivity index (χ4v) is 3.26. The fourth-order valence-electron chi connectivity index (χ4n) is 2.69. The summed E-state index contributed by atoms with van der Waals surface area (Å²) in [7, 11) is 3.05. The summed E-state index contributed by atoms with van der Waals surface area (Å²) in [5.74, 6) is 0.638. The van der Waals surface area contributed by atoms with Crippen LogP contribution in [0.2, 0.25) is 0 Å². The van der Waals surface area contributed by atoms with Crippen LogP contribution in [0.1, 0.15) is 69.6 Å². The molecule has 0 aliphatic heterocycles. The molecule has 0 aliphatic carbocycles. The van der Waals surface area contributed by atoms with Gasteiger partial charge in [0.2, 0.25) is 0 Å². The first-order chi connectivity index (χ1) is 8.96. The van der Waals surface area contributed by atoms with Gasteiger partial charge in [-0.05, 0) is 41.9 Å². The van der Waals surface area contributed by atoms with E-state index in [9.17, 15) is 0 Å². The second-order valence-electron chi connectivity index (χ2n) is 5.89. The van der Waals surface area contributed by atoms with Crippen LogP contribution >= 0.6 is 9.24 Å². The molecule has 19 heavy (non-hydrogen) atoms. The SMILES string of the molecule is C=CCc1cc(C(C)CC)ccc1C(C)(P)CCC. The lowest BCUT2D eigenvalue weighted by atomic mass is 9.86. The molecule has 0 aliphatic rings. The normalized spacial score (nSPS) is 15.8. The molecule has 0 fully saturated rings. The standard InChI is InChI=1S/C18H29P/c1-6-9-16-13-15(14(4)8-3)10-11-17(16)18(5,19)12-7-2/h6,10-11,13-14H,1,7-9,12,19H2,2-5H3. The Morgan fingerprint density at radius 1 is 1.37 bits per heavy atom. The van der Waals surface area contributed by atoms with E-state index in [0.717, 1.165) is 6.42 Å². The maximum atomic E-state index is 3.91. The molecule has 0 N–H and O–H groups in total. The molecule has 1 aromatic carbocycles. The molecule has 0 spiro atoms. The van der Waals surface area contributed by atoms with E-state index in [2.05, 4.69) is 61.7 Å². The van der Waals surface area contributed by atoms with Crippen LogP contribution in [-0.4, -0.2) is 0 Å². The lowest BCUT2D eigenvalue weighted by Crippen LogP contribution is -2.15. The molecule has 0 saturated carbocycles. The average Bonchev–Trinajstić information content (AvgIpc) is 2.38. The molecule has 1 heteroatoms. The zero-order valence-electron chi connectivity index (χ0n) is 13.0. The van der Waals surface area contributed by atoms with Crippen LogP contribution < -0.4 is 0 Å². The lowest BCUT2D eigenvalue weighted by Gasteiger charge is -2.28. The summed E-state index contributed by atoms with van der Waals surface area (Å²) in [5.41, 5.74) is 4.37. The minimum absolute atomic E-state index is 0.182. The minimum atomic E-state index is 0.182. The van der Waals surface area contributed by atoms with Crippen LogP contribution in [0.4, 0.5) is 0 Å². The first-order valence-electron chi connectivity index (χ1n) is 7.49. The Balaban J connectivity index is 3.21. The molecule has 0 amide bonds. The van der Waals surface area contributed by atoms with Crippen LogP contribution in [0.5, 0.6) is 0 Å². The zero-order chi connectivity index (χ0) is 14.5. The third kappa shape index (κ3) is 4.18. The summed E-state index contributed by atoms with van der Waals surface area (Å²) in [5, 5.41) is 0.182. The van der Waals surface area contributed by atoms with E-state index in [1.165, 1.54) is 36.0 Å². The first kappa shape index (κ1) is 16.4. The highest BCUT2D eigenvalue weighted by Gasteiger charge is 2.23. The van der Waals surface area contributed by atoms with E-state index in [-0.39, 0.29) is 5.16 Å². The van der Waals surface area contributed by atoms with E-state index in [1.807, 2.05) is 6.08 Å². The Labute approximate surface area is 121 Å². The van der Waals surface area contributed by atoms with Gasteiger partial charge in [-0.25, -0.2) is 0 Å². The highest BCUT2D eigenvalue weighted by Crippen LogP contribution is 2.39. The van der Waals surface area contributed by atoms with Crippen molar-refractivity contribution in [1.82, 2.24) is 0 Å². The van der Waals surface area contributed by atoms with Gasteiger partial charge in [-0.2, -0.15) is 0 Å². The summed E-state index contributed by atoms with van der Waals surface area (Å²) >= 11 is 0. The molecule has 1 aromatic rings. The van der Waals surface area contributed by atoms with Gasteiger partial charge in [0.25, 0.3) is 0 Å². The predicted octanol–water partition coefficient (Wildman–Crippen LogP) is 5.82. The molecule has 106 valence electrons. The molecule has 3 unspecified atom stereocenters. The van der Waals surface area contributed by atoms with Crippen LogP contribution in [0.3, 0.4) is 0 Å². The van der Waals surface area contributed by atoms with Crippen molar-refractivity contribution in [2.45, 2.75) is 64.5 Å². The van der Waals surface area contributed by atoms with Crippen molar-refractivity contribution in [3.8, 4) is 0 Å². The highest BCUT2D eigenvalue weighted by molar-refractivity contribution is 7.18. The molecule has 0 bridgehead atoms. The maximum absolute atomic E-state index is 3.91. The Morgan fingerprint density at radius 2 is 2.05 bits per heavy atom. The van der Waals surface area contributed by atoms with Crippen molar-refractivity contribution >= 4 is 9.24 Å². The third-order valence-electron chi connectivity index (χ3n) is 4.06. The van der Waals surface area contributed by atoms with E-state index in [1.54, 1.807) is 0 Å². The average molecular weight is 276 g/mol. The molecule has 1 rings (SSSR count). The zero-order valence-corrected chi connectivity index (χ0v) is 14.2.